The maximum atomic E-state index is 12.0. The molecule has 1 aromatic heterocycles. The van der Waals surface area contributed by atoms with E-state index in [4.69, 9.17) is 5.11 Å². The topological polar surface area (TPSA) is 82.4 Å². The summed E-state index contributed by atoms with van der Waals surface area (Å²) in [6.45, 7) is 5.60. The second kappa shape index (κ2) is 7.99. The molecule has 2 amide bonds. The number of anilines is 1. The minimum Gasteiger partial charge on any atom is -0.396 e. The fourth-order valence-corrected chi connectivity index (χ4v) is 1.85. The van der Waals surface area contributed by atoms with E-state index < -0.39 is 5.54 Å². The Balaban J connectivity index is 2.51. The first kappa shape index (κ1) is 17.5. The van der Waals surface area contributed by atoms with E-state index in [9.17, 15) is 4.79 Å². The average molecular weight is 297 g/mol. The fraction of sp³-hybridized carbons (Fsp3) is 0.714. The van der Waals surface area contributed by atoms with Crippen molar-refractivity contribution >= 4 is 11.8 Å². The highest BCUT2D eigenvalue weighted by atomic mass is 16.3. The van der Waals surface area contributed by atoms with Crippen LogP contribution in [-0.2, 0) is 6.54 Å². The molecule has 1 unspecified atom stereocenters. The number of likely N-dealkylation sites (N-methyl/N-ethyl adjacent to an activating group) is 1. The number of hydrogen-bond donors (Lipinski definition) is 3. The van der Waals surface area contributed by atoms with E-state index in [1.54, 1.807) is 10.7 Å². The Morgan fingerprint density at radius 2 is 2.24 bits per heavy atom. The Labute approximate surface area is 126 Å². The minimum atomic E-state index is -0.410. The first-order chi connectivity index (χ1) is 9.88. The van der Waals surface area contributed by atoms with Gasteiger partial charge in [-0.15, -0.1) is 0 Å². The van der Waals surface area contributed by atoms with Crippen LogP contribution >= 0.6 is 0 Å². The summed E-state index contributed by atoms with van der Waals surface area (Å²) in [4.78, 5) is 14.0. The smallest absolute Gasteiger partial charge is 0.320 e. The van der Waals surface area contributed by atoms with Gasteiger partial charge < -0.3 is 15.3 Å². The number of carbonyl (C=O) groups is 1. The molecule has 0 aliphatic rings. The van der Waals surface area contributed by atoms with Crippen molar-refractivity contribution < 1.29 is 9.90 Å². The fourth-order valence-electron chi connectivity index (χ4n) is 1.85. The van der Waals surface area contributed by atoms with Gasteiger partial charge in [-0.2, -0.15) is 5.10 Å². The maximum absolute atomic E-state index is 12.0. The average Bonchev–Trinajstić information content (AvgIpc) is 2.84. The van der Waals surface area contributed by atoms with E-state index in [1.807, 2.05) is 34.1 Å². The molecule has 0 saturated carbocycles. The SMILES string of the molecule is CCC(C)(CCO)NC(=O)Nc1ccn(CCN(C)C)n1. The maximum Gasteiger partial charge on any atom is 0.320 e. The monoisotopic (exact) mass is 297 g/mol. The summed E-state index contributed by atoms with van der Waals surface area (Å²) < 4.78 is 1.79. The van der Waals surface area contributed by atoms with Gasteiger partial charge in [-0.3, -0.25) is 10.00 Å². The van der Waals surface area contributed by atoms with Crippen molar-refractivity contribution in [2.24, 2.45) is 0 Å². The normalized spacial score (nSPS) is 14.0. The van der Waals surface area contributed by atoms with Crippen LogP contribution in [0.15, 0.2) is 12.3 Å². The number of hydrogen-bond acceptors (Lipinski definition) is 4. The first-order valence-electron chi connectivity index (χ1n) is 7.27. The molecule has 7 heteroatoms. The van der Waals surface area contributed by atoms with Crippen LogP contribution in [0.4, 0.5) is 10.6 Å². The molecule has 0 aliphatic carbocycles. The number of aliphatic hydroxyl groups excluding tert-OH is 1. The third-order valence-electron chi connectivity index (χ3n) is 3.52. The van der Waals surface area contributed by atoms with E-state index in [-0.39, 0.29) is 12.6 Å². The summed E-state index contributed by atoms with van der Waals surface area (Å²) in [6.07, 6.45) is 3.11. The van der Waals surface area contributed by atoms with Crippen molar-refractivity contribution in [2.45, 2.75) is 38.8 Å². The van der Waals surface area contributed by atoms with E-state index in [2.05, 4.69) is 20.6 Å². The molecular formula is C14H27N5O2. The lowest BCUT2D eigenvalue weighted by molar-refractivity contribution is 0.208. The van der Waals surface area contributed by atoms with Crippen molar-refractivity contribution in [3.05, 3.63) is 12.3 Å². The number of nitrogens with zero attached hydrogens (tertiary/aromatic N) is 3. The quantitative estimate of drug-likeness (QED) is 0.671. The minimum absolute atomic E-state index is 0.0454. The molecule has 21 heavy (non-hydrogen) atoms. The molecule has 0 fully saturated rings. The molecule has 7 nitrogen and oxygen atoms in total. The van der Waals surface area contributed by atoms with Crippen molar-refractivity contribution in [1.82, 2.24) is 20.0 Å². The molecule has 0 saturated heterocycles. The van der Waals surface area contributed by atoms with Crippen LogP contribution in [0.3, 0.4) is 0 Å². The molecule has 0 aliphatic heterocycles. The zero-order valence-electron chi connectivity index (χ0n) is 13.4. The lowest BCUT2D eigenvalue weighted by Gasteiger charge is -2.28. The second-order valence-electron chi connectivity index (χ2n) is 5.73. The Morgan fingerprint density at radius 3 is 2.81 bits per heavy atom. The van der Waals surface area contributed by atoms with Crippen LogP contribution in [0.2, 0.25) is 0 Å². The van der Waals surface area contributed by atoms with Crippen LogP contribution in [0.1, 0.15) is 26.7 Å². The largest absolute Gasteiger partial charge is 0.396 e. The highest BCUT2D eigenvalue weighted by Gasteiger charge is 2.23. The van der Waals surface area contributed by atoms with Gasteiger partial charge in [0.2, 0.25) is 0 Å². The van der Waals surface area contributed by atoms with Gasteiger partial charge in [0.05, 0.1) is 6.54 Å². The standard InChI is InChI=1S/C14H27N5O2/c1-5-14(2,7-11-20)16-13(21)15-12-6-8-19(17-12)10-9-18(3)4/h6,8,20H,5,7,9-11H2,1-4H3,(H2,15,16,17,21). The predicted molar refractivity (Wildman–Crippen MR) is 83.3 cm³/mol. The van der Waals surface area contributed by atoms with Gasteiger partial charge in [0.15, 0.2) is 5.82 Å². The van der Waals surface area contributed by atoms with Crippen LogP contribution < -0.4 is 10.6 Å². The number of nitrogens with one attached hydrogen (secondary N) is 2. The highest BCUT2D eigenvalue weighted by molar-refractivity contribution is 5.88. The van der Waals surface area contributed by atoms with Crippen molar-refractivity contribution in [1.29, 1.82) is 0 Å². The molecule has 1 rings (SSSR count). The van der Waals surface area contributed by atoms with Gasteiger partial charge in [0.25, 0.3) is 0 Å². The third kappa shape index (κ3) is 6.14. The molecule has 1 atom stereocenters. The van der Waals surface area contributed by atoms with Gasteiger partial charge in [-0.25, -0.2) is 4.79 Å². The molecule has 0 aromatic carbocycles. The summed E-state index contributed by atoms with van der Waals surface area (Å²) in [6, 6.07) is 1.47. The lowest BCUT2D eigenvalue weighted by atomic mass is 9.95. The Bertz CT molecular complexity index is 446. The predicted octanol–water partition coefficient (Wildman–Crippen LogP) is 1.12. The molecular weight excluding hydrogens is 270 g/mol. The van der Waals surface area contributed by atoms with Crippen molar-refractivity contribution in [2.75, 3.05) is 32.6 Å². The molecule has 0 spiro atoms. The Morgan fingerprint density at radius 1 is 1.52 bits per heavy atom. The molecule has 120 valence electrons. The summed E-state index contributed by atoms with van der Waals surface area (Å²) in [7, 11) is 4.01. The van der Waals surface area contributed by atoms with Gasteiger partial charge in [-0.1, -0.05) is 6.92 Å². The van der Waals surface area contributed by atoms with Gasteiger partial charge in [0, 0.05) is 31.0 Å². The van der Waals surface area contributed by atoms with Gasteiger partial charge in [-0.05, 0) is 33.9 Å². The van der Waals surface area contributed by atoms with Gasteiger partial charge in [0.1, 0.15) is 0 Å². The van der Waals surface area contributed by atoms with E-state index in [0.717, 1.165) is 19.5 Å². The van der Waals surface area contributed by atoms with E-state index >= 15 is 0 Å². The summed E-state index contributed by atoms with van der Waals surface area (Å²) in [5.74, 6) is 0.522. The Kier molecular flexibility index (Phi) is 6.64. The van der Waals surface area contributed by atoms with Crippen LogP contribution in [0.5, 0.6) is 0 Å². The number of aliphatic hydroxyl groups is 1. The zero-order valence-corrected chi connectivity index (χ0v) is 13.4. The van der Waals surface area contributed by atoms with Gasteiger partial charge >= 0.3 is 6.03 Å². The number of carbonyl (C=O) groups excluding carboxylic acids is 1. The molecule has 1 heterocycles. The zero-order chi connectivity index (χ0) is 15.9. The summed E-state index contributed by atoms with van der Waals surface area (Å²) in [5.41, 5.74) is -0.410. The second-order valence-corrected chi connectivity index (χ2v) is 5.73. The van der Waals surface area contributed by atoms with Crippen LogP contribution in [0, 0.1) is 0 Å². The molecule has 0 radical (unpaired) electrons. The van der Waals surface area contributed by atoms with Crippen molar-refractivity contribution in [3.8, 4) is 0 Å². The molecule has 3 N–H and O–H groups in total. The van der Waals surface area contributed by atoms with E-state index in [0.29, 0.717) is 12.2 Å². The number of aromatic nitrogens is 2. The lowest BCUT2D eigenvalue weighted by Crippen LogP contribution is -2.48. The third-order valence-corrected chi connectivity index (χ3v) is 3.52. The number of rotatable bonds is 8. The number of urea groups is 1. The molecule has 1 aromatic rings. The summed E-state index contributed by atoms with van der Waals surface area (Å²) in [5, 5.41) is 18.9. The number of amides is 2. The highest BCUT2D eigenvalue weighted by Crippen LogP contribution is 2.14. The van der Waals surface area contributed by atoms with Crippen LogP contribution in [0.25, 0.3) is 0 Å². The molecule has 0 bridgehead atoms. The Hall–Kier alpha value is -1.60. The summed E-state index contributed by atoms with van der Waals surface area (Å²) >= 11 is 0. The van der Waals surface area contributed by atoms with Crippen molar-refractivity contribution in [3.63, 3.8) is 0 Å². The van der Waals surface area contributed by atoms with E-state index in [1.165, 1.54) is 0 Å². The van der Waals surface area contributed by atoms with Crippen LogP contribution in [-0.4, -0.2) is 58.6 Å². The first-order valence-corrected chi connectivity index (χ1v) is 7.27.